The van der Waals surface area contributed by atoms with Crippen molar-refractivity contribution in [3.8, 4) is 17.0 Å². The van der Waals surface area contributed by atoms with Crippen molar-refractivity contribution in [1.82, 2.24) is 4.98 Å². The third-order valence-corrected chi connectivity index (χ3v) is 4.89. The fourth-order valence-electron chi connectivity index (χ4n) is 3.04. The van der Waals surface area contributed by atoms with Gasteiger partial charge in [0, 0.05) is 5.56 Å². The smallest absolute Gasteiger partial charge is 0.137 e. The normalized spacial score (nSPS) is 10.7. The van der Waals surface area contributed by atoms with Gasteiger partial charge in [0.05, 0.1) is 18.5 Å². The number of nitrogens with zero attached hydrogens (tertiary/aromatic N) is 1. The highest BCUT2D eigenvalue weighted by atomic mass is 16.5. The van der Waals surface area contributed by atoms with Crippen LogP contribution in [0.15, 0.2) is 66.9 Å². The van der Waals surface area contributed by atoms with Gasteiger partial charge in [0.2, 0.25) is 0 Å². The van der Waals surface area contributed by atoms with Crippen LogP contribution in [0.3, 0.4) is 0 Å². The Morgan fingerprint density at radius 2 is 1.37 bits per heavy atom. The summed E-state index contributed by atoms with van der Waals surface area (Å²) in [6.45, 7) is 5.11. The van der Waals surface area contributed by atoms with E-state index in [0.717, 1.165) is 55.7 Å². The Kier molecular flexibility index (Phi) is 7.04. The van der Waals surface area contributed by atoms with Gasteiger partial charge in [0.15, 0.2) is 0 Å². The third kappa shape index (κ3) is 5.68. The van der Waals surface area contributed by atoms with E-state index in [9.17, 15) is 0 Å². The Labute approximate surface area is 163 Å². The first-order valence-electron chi connectivity index (χ1n) is 10.0. The predicted octanol–water partition coefficient (Wildman–Crippen LogP) is 6.28. The summed E-state index contributed by atoms with van der Waals surface area (Å²) >= 11 is 0. The Morgan fingerprint density at radius 3 is 1.93 bits per heavy atom. The number of pyridine rings is 1. The molecule has 2 aromatic carbocycles. The van der Waals surface area contributed by atoms with Gasteiger partial charge in [-0.2, -0.15) is 0 Å². The van der Waals surface area contributed by atoms with Crippen molar-refractivity contribution in [2.24, 2.45) is 0 Å². The van der Waals surface area contributed by atoms with Crippen molar-refractivity contribution in [2.75, 3.05) is 6.61 Å². The van der Waals surface area contributed by atoms with Crippen LogP contribution in [0.5, 0.6) is 5.75 Å². The summed E-state index contributed by atoms with van der Waals surface area (Å²) in [7, 11) is 0. The van der Waals surface area contributed by atoms with Gasteiger partial charge in [0.25, 0.3) is 0 Å². The van der Waals surface area contributed by atoms with Crippen LogP contribution < -0.4 is 4.74 Å². The van der Waals surface area contributed by atoms with E-state index >= 15 is 0 Å². The quantitative estimate of drug-likeness (QED) is 0.420. The highest BCUT2D eigenvalue weighted by molar-refractivity contribution is 5.59. The van der Waals surface area contributed by atoms with Gasteiger partial charge in [-0.05, 0) is 54.5 Å². The Bertz CT molecular complexity index is 804. The van der Waals surface area contributed by atoms with Crippen molar-refractivity contribution in [2.45, 2.75) is 46.0 Å². The van der Waals surface area contributed by atoms with E-state index < -0.39 is 0 Å². The molecule has 0 saturated carbocycles. The van der Waals surface area contributed by atoms with E-state index in [1.807, 2.05) is 18.3 Å². The molecule has 3 rings (SSSR count). The van der Waals surface area contributed by atoms with E-state index in [1.165, 1.54) is 16.7 Å². The molecule has 0 aliphatic carbocycles. The van der Waals surface area contributed by atoms with Gasteiger partial charge in [-0.25, -0.2) is 0 Å². The maximum Gasteiger partial charge on any atom is 0.137 e. The van der Waals surface area contributed by atoms with E-state index in [4.69, 9.17) is 4.74 Å². The van der Waals surface area contributed by atoms with E-state index in [2.05, 4.69) is 67.4 Å². The van der Waals surface area contributed by atoms with Crippen molar-refractivity contribution in [3.05, 3.63) is 83.6 Å². The zero-order valence-corrected chi connectivity index (χ0v) is 16.4. The fraction of sp³-hybridized carbons (Fsp3) is 0.320. The van der Waals surface area contributed by atoms with Gasteiger partial charge in [-0.3, -0.25) is 4.98 Å². The summed E-state index contributed by atoms with van der Waals surface area (Å²) in [4.78, 5) is 4.54. The zero-order valence-electron chi connectivity index (χ0n) is 16.4. The molecule has 0 aliphatic rings. The van der Waals surface area contributed by atoms with Crippen LogP contribution >= 0.6 is 0 Å². The van der Waals surface area contributed by atoms with Crippen molar-refractivity contribution < 1.29 is 4.74 Å². The zero-order chi connectivity index (χ0) is 18.9. The van der Waals surface area contributed by atoms with E-state index in [0.29, 0.717) is 0 Å². The average molecular weight is 360 g/mol. The molecule has 1 heterocycles. The third-order valence-electron chi connectivity index (χ3n) is 4.89. The maximum atomic E-state index is 5.68. The molecular formula is C25H29NO. The Balaban J connectivity index is 1.56. The molecule has 27 heavy (non-hydrogen) atoms. The minimum absolute atomic E-state index is 0.757. The van der Waals surface area contributed by atoms with Crippen LogP contribution in [-0.4, -0.2) is 11.6 Å². The van der Waals surface area contributed by atoms with Gasteiger partial charge in [0.1, 0.15) is 5.75 Å². The van der Waals surface area contributed by atoms with Crippen LogP contribution in [0, 0.1) is 0 Å². The first kappa shape index (κ1) is 19.2. The lowest BCUT2D eigenvalue weighted by atomic mass is 10.0. The number of unbranched alkanes of at least 4 members (excludes halogenated alkanes) is 1. The molecule has 0 radical (unpaired) electrons. The second-order valence-corrected chi connectivity index (χ2v) is 6.95. The lowest BCUT2D eigenvalue weighted by Gasteiger charge is -2.07. The van der Waals surface area contributed by atoms with Gasteiger partial charge >= 0.3 is 0 Å². The monoisotopic (exact) mass is 359 g/mol. The number of aromatic nitrogens is 1. The van der Waals surface area contributed by atoms with Gasteiger partial charge < -0.3 is 4.74 Å². The van der Waals surface area contributed by atoms with Gasteiger partial charge in [-0.15, -0.1) is 0 Å². The molecule has 0 aliphatic heterocycles. The molecule has 0 amide bonds. The Morgan fingerprint density at radius 1 is 0.741 bits per heavy atom. The molecular weight excluding hydrogens is 330 g/mol. The first-order valence-corrected chi connectivity index (χ1v) is 10.0. The Hall–Kier alpha value is -2.61. The molecule has 2 nitrogen and oxygen atoms in total. The van der Waals surface area contributed by atoms with Crippen LogP contribution in [0.2, 0.25) is 0 Å². The van der Waals surface area contributed by atoms with Crippen LogP contribution in [0.4, 0.5) is 0 Å². The molecule has 0 bridgehead atoms. The molecule has 0 unspecified atom stereocenters. The number of rotatable bonds is 9. The minimum atomic E-state index is 0.757. The molecule has 0 N–H and O–H groups in total. The molecule has 0 saturated heterocycles. The lowest BCUT2D eigenvalue weighted by Crippen LogP contribution is -1.97. The predicted molar refractivity (Wildman–Crippen MR) is 113 cm³/mol. The molecule has 1 aromatic heterocycles. The summed E-state index contributed by atoms with van der Waals surface area (Å²) in [6, 6.07) is 21.8. The molecule has 0 fully saturated rings. The number of ether oxygens (including phenoxy) is 1. The summed E-state index contributed by atoms with van der Waals surface area (Å²) in [5.74, 6) is 0.845. The standard InChI is InChI=1S/C25H29NO/c1-3-5-18-27-24-16-17-25(26-19-24)23-14-12-22(13-15-23)11-10-21-8-6-20(4-2)7-9-21/h6-9,12-17,19H,3-5,10-11,18H2,1-2H3. The second kappa shape index (κ2) is 9.91. The van der Waals surface area contributed by atoms with Crippen LogP contribution in [0.25, 0.3) is 11.3 Å². The highest BCUT2D eigenvalue weighted by Gasteiger charge is 2.02. The van der Waals surface area contributed by atoms with Gasteiger partial charge in [-0.1, -0.05) is 68.8 Å². The summed E-state index contributed by atoms with van der Waals surface area (Å²) in [6.07, 6.45) is 7.27. The first-order chi connectivity index (χ1) is 13.3. The fourth-order valence-corrected chi connectivity index (χ4v) is 3.04. The molecule has 140 valence electrons. The lowest BCUT2D eigenvalue weighted by molar-refractivity contribution is 0.308. The molecule has 2 heteroatoms. The van der Waals surface area contributed by atoms with E-state index in [1.54, 1.807) is 0 Å². The maximum absolute atomic E-state index is 5.68. The summed E-state index contributed by atoms with van der Waals surface area (Å²) in [5, 5.41) is 0. The van der Waals surface area contributed by atoms with Crippen LogP contribution in [0.1, 0.15) is 43.4 Å². The number of hydrogen-bond acceptors (Lipinski definition) is 2. The van der Waals surface area contributed by atoms with E-state index in [-0.39, 0.29) is 0 Å². The van der Waals surface area contributed by atoms with Crippen LogP contribution in [-0.2, 0) is 19.3 Å². The number of benzene rings is 2. The highest BCUT2D eigenvalue weighted by Crippen LogP contribution is 2.21. The molecule has 0 atom stereocenters. The van der Waals surface area contributed by atoms with Crippen molar-refractivity contribution in [3.63, 3.8) is 0 Å². The van der Waals surface area contributed by atoms with Crippen molar-refractivity contribution in [1.29, 1.82) is 0 Å². The second-order valence-electron chi connectivity index (χ2n) is 6.95. The minimum Gasteiger partial charge on any atom is -0.492 e. The molecule has 3 aromatic rings. The largest absolute Gasteiger partial charge is 0.492 e. The summed E-state index contributed by atoms with van der Waals surface area (Å²) < 4.78 is 5.68. The average Bonchev–Trinajstić information content (AvgIpc) is 2.74. The van der Waals surface area contributed by atoms with Crippen molar-refractivity contribution >= 4 is 0 Å². The number of aryl methyl sites for hydroxylation is 3. The molecule has 0 spiro atoms. The summed E-state index contributed by atoms with van der Waals surface area (Å²) in [5.41, 5.74) is 6.29. The number of hydrogen-bond donors (Lipinski definition) is 0. The SMILES string of the molecule is CCCCOc1ccc(-c2ccc(CCc3ccc(CC)cc3)cc2)nc1. The topological polar surface area (TPSA) is 22.1 Å².